The molecule has 2 heterocycles. The maximum atomic E-state index is 12.4. The summed E-state index contributed by atoms with van der Waals surface area (Å²) in [5.41, 5.74) is 2.02. The van der Waals surface area contributed by atoms with Crippen LogP contribution in [0.5, 0.6) is 28.7 Å². The Bertz CT molecular complexity index is 883. The van der Waals surface area contributed by atoms with Gasteiger partial charge in [-0.2, -0.15) is 0 Å². The molecule has 2 aliphatic heterocycles. The highest BCUT2D eigenvalue weighted by Gasteiger charge is 2.37. The summed E-state index contributed by atoms with van der Waals surface area (Å²) < 4.78 is 32.5. The molecule has 2 aliphatic rings. The second kappa shape index (κ2) is 8.11. The van der Waals surface area contributed by atoms with Gasteiger partial charge in [-0.15, -0.1) is 0 Å². The highest BCUT2D eigenvalue weighted by molar-refractivity contribution is 5.75. The average molecular weight is 400 g/mol. The van der Waals surface area contributed by atoms with Crippen molar-refractivity contribution in [1.82, 2.24) is 0 Å². The summed E-state index contributed by atoms with van der Waals surface area (Å²) in [4.78, 5) is 12.4. The topological polar surface area (TPSA) is 72.5 Å². The number of hydrogen-bond acceptors (Lipinski definition) is 7. The summed E-state index contributed by atoms with van der Waals surface area (Å²) in [6.45, 7) is 0.649. The van der Waals surface area contributed by atoms with Crippen molar-refractivity contribution in [3.05, 3.63) is 41.5 Å². The van der Waals surface area contributed by atoms with Crippen LogP contribution in [0.1, 0.15) is 11.1 Å². The van der Waals surface area contributed by atoms with E-state index in [0.717, 1.165) is 29.0 Å². The van der Waals surface area contributed by atoms with Crippen molar-refractivity contribution < 1.29 is 33.2 Å². The zero-order chi connectivity index (χ0) is 20.4. The van der Waals surface area contributed by atoms with E-state index in [2.05, 4.69) is 0 Å². The van der Waals surface area contributed by atoms with Crippen molar-refractivity contribution in [2.24, 2.45) is 11.8 Å². The third kappa shape index (κ3) is 3.77. The van der Waals surface area contributed by atoms with E-state index < -0.39 is 0 Å². The maximum absolute atomic E-state index is 12.4. The Morgan fingerprint density at radius 1 is 0.862 bits per heavy atom. The van der Waals surface area contributed by atoms with Crippen molar-refractivity contribution >= 4 is 5.97 Å². The number of ether oxygens (including phenoxy) is 6. The molecule has 0 amide bonds. The quantitative estimate of drug-likeness (QED) is 0.662. The van der Waals surface area contributed by atoms with Gasteiger partial charge in [0.2, 0.25) is 12.5 Å². The molecule has 154 valence electrons. The van der Waals surface area contributed by atoms with E-state index >= 15 is 0 Å². The van der Waals surface area contributed by atoms with E-state index in [1.807, 2.05) is 30.3 Å². The lowest BCUT2D eigenvalue weighted by atomic mass is 9.85. The molecule has 0 aromatic heterocycles. The lowest BCUT2D eigenvalue weighted by Crippen LogP contribution is -2.20. The van der Waals surface area contributed by atoms with Gasteiger partial charge in [-0.3, -0.25) is 4.79 Å². The molecule has 1 saturated heterocycles. The second-order valence-electron chi connectivity index (χ2n) is 7.13. The van der Waals surface area contributed by atoms with Crippen molar-refractivity contribution in [2.75, 3.05) is 34.7 Å². The molecule has 7 nitrogen and oxygen atoms in total. The van der Waals surface area contributed by atoms with Crippen molar-refractivity contribution in [3.8, 4) is 28.7 Å². The lowest BCUT2D eigenvalue weighted by molar-refractivity contribution is -0.141. The Labute approximate surface area is 169 Å². The van der Waals surface area contributed by atoms with E-state index in [4.69, 9.17) is 28.4 Å². The van der Waals surface area contributed by atoms with Crippen molar-refractivity contribution in [2.45, 2.75) is 12.8 Å². The zero-order valence-corrected chi connectivity index (χ0v) is 16.7. The Hall–Kier alpha value is -3.09. The first-order chi connectivity index (χ1) is 14.1. The molecule has 0 aliphatic carbocycles. The fraction of sp³-hybridized carbons (Fsp3) is 0.409. The summed E-state index contributed by atoms with van der Waals surface area (Å²) >= 11 is 0. The number of hydrogen-bond donors (Lipinski definition) is 0. The number of fused-ring (bicyclic) bond motifs is 1. The van der Waals surface area contributed by atoms with Crippen molar-refractivity contribution in [3.63, 3.8) is 0 Å². The third-order valence-electron chi connectivity index (χ3n) is 5.43. The standard InChI is InChI=1S/C22H24O7/c1-24-19-9-14(10-20(25-2)21(19)26-3)7-16-15(11-27-22(16)23)6-13-4-5-17-18(8-13)29-12-28-17/h4-5,8-10,15-16H,6-7,11-12H2,1-3H3/t15?,16-/m1/s1. The van der Waals surface area contributed by atoms with Crippen LogP contribution in [0.3, 0.4) is 0 Å². The van der Waals surface area contributed by atoms with Gasteiger partial charge in [-0.1, -0.05) is 6.07 Å². The molecule has 1 unspecified atom stereocenters. The van der Waals surface area contributed by atoms with Crippen LogP contribution in [0.2, 0.25) is 0 Å². The Balaban J connectivity index is 1.54. The largest absolute Gasteiger partial charge is 0.493 e. The van der Waals surface area contributed by atoms with Crippen LogP contribution in [-0.4, -0.2) is 40.7 Å². The summed E-state index contributed by atoms with van der Waals surface area (Å²) in [5.74, 6) is 2.82. The van der Waals surface area contributed by atoms with Gasteiger partial charge in [-0.05, 0) is 48.2 Å². The minimum absolute atomic E-state index is 0.0713. The number of esters is 1. The number of methoxy groups -OCH3 is 3. The van der Waals surface area contributed by atoms with Gasteiger partial charge in [0.05, 0.1) is 33.9 Å². The number of cyclic esters (lactones) is 1. The van der Waals surface area contributed by atoms with Crippen LogP contribution < -0.4 is 23.7 Å². The van der Waals surface area contributed by atoms with E-state index in [1.54, 1.807) is 21.3 Å². The molecule has 0 bridgehead atoms. The summed E-state index contributed by atoms with van der Waals surface area (Å²) in [5, 5.41) is 0. The lowest BCUT2D eigenvalue weighted by Gasteiger charge is -2.18. The van der Waals surface area contributed by atoms with Gasteiger partial charge in [0, 0.05) is 5.92 Å². The summed E-state index contributed by atoms with van der Waals surface area (Å²) in [6.07, 6.45) is 1.25. The fourth-order valence-electron chi connectivity index (χ4n) is 3.93. The molecule has 0 radical (unpaired) electrons. The molecular weight excluding hydrogens is 376 g/mol. The molecule has 2 atom stereocenters. The van der Waals surface area contributed by atoms with Crippen LogP contribution in [0, 0.1) is 11.8 Å². The predicted octanol–water partition coefficient (Wildman–Crippen LogP) is 3.02. The van der Waals surface area contributed by atoms with E-state index in [1.165, 1.54) is 0 Å². The van der Waals surface area contributed by atoms with Gasteiger partial charge in [0.15, 0.2) is 23.0 Å². The molecule has 1 fully saturated rings. The number of carbonyl (C=O) groups excluding carboxylic acids is 1. The van der Waals surface area contributed by atoms with Gasteiger partial charge in [-0.25, -0.2) is 0 Å². The minimum Gasteiger partial charge on any atom is -0.493 e. The van der Waals surface area contributed by atoms with E-state index in [9.17, 15) is 4.79 Å². The molecule has 0 N–H and O–H groups in total. The minimum atomic E-state index is -0.247. The zero-order valence-electron chi connectivity index (χ0n) is 16.7. The molecule has 29 heavy (non-hydrogen) atoms. The number of carbonyl (C=O) groups is 1. The van der Waals surface area contributed by atoms with Crippen LogP contribution in [0.15, 0.2) is 30.3 Å². The molecule has 0 saturated carbocycles. The molecule has 0 spiro atoms. The van der Waals surface area contributed by atoms with E-state index in [0.29, 0.717) is 30.3 Å². The van der Waals surface area contributed by atoms with Crippen molar-refractivity contribution in [1.29, 1.82) is 0 Å². The molecule has 7 heteroatoms. The molecule has 2 aromatic rings. The molecular formula is C22H24O7. The Morgan fingerprint density at radius 2 is 1.59 bits per heavy atom. The summed E-state index contributed by atoms with van der Waals surface area (Å²) in [6, 6.07) is 9.65. The average Bonchev–Trinajstić information content (AvgIpc) is 3.34. The fourth-order valence-corrected chi connectivity index (χ4v) is 3.93. The van der Waals surface area contributed by atoms with Crippen LogP contribution in [0.4, 0.5) is 0 Å². The first-order valence-electron chi connectivity index (χ1n) is 9.47. The monoisotopic (exact) mass is 400 g/mol. The van der Waals surface area contributed by atoms with Crippen LogP contribution in [0.25, 0.3) is 0 Å². The normalized spacial score (nSPS) is 19.8. The maximum Gasteiger partial charge on any atom is 0.309 e. The predicted molar refractivity (Wildman–Crippen MR) is 104 cm³/mol. The highest BCUT2D eigenvalue weighted by Crippen LogP contribution is 2.40. The summed E-state index contributed by atoms with van der Waals surface area (Å²) in [7, 11) is 4.72. The first kappa shape index (κ1) is 19.2. The molecule has 4 rings (SSSR count). The van der Waals surface area contributed by atoms with Crippen LogP contribution in [-0.2, 0) is 22.4 Å². The smallest absolute Gasteiger partial charge is 0.309 e. The van der Waals surface area contributed by atoms with E-state index in [-0.39, 0.29) is 24.6 Å². The van der Waals surface area contributed by atoms with Gasteiger partial charge >= 0.3 is 5.97 Å². The highest BCUT2D eigenvalue weighted by atomic mass is 16.7. The van der Waals surface area contributed by atoms with Crippen LogP contribution >= 0.6 is 0 Å². The number of rotatable bonds is 7. The Kier molecular flexibility index (Phi) is 5.38. The molecule has 2 aromatic carbocycles. The third-order valence-corrected chi connectivity index (χ3v) is 5.43. The Morgan fingerprint density at radius 3 is 2.28 bits per heavy atom. The number of benzene rings is 2. The second-order valence-corrected chi connectivity index (χ2v) is 7.13. The van der Waals surface area contributed by atoms with Gasteiger partial charge in [0.25, 0.3) is 0 Å². The van der Waals surface area contributed by atoms with Gasteiger partial charge in [0.1, 0.15) is 0 Å². The first-order valence-corrected chi connectivity index (χ1v) is 9.47. The SMILES string of the molecule is COc1cc(C[C@H]2C(=O)OCC2Cc2ccc3c(c2)OCO3)cc(OC)c1OC. The van der Waals surface area contributed by atoms with Gasteiger partial charge < -0.3 is 28.4 Å².